The van der Waals surface area contributed by atoms with E-state index in [1.54, 1.807) is 20.2 Å². The second kappa shape index (κ2) is 17.5. The SMILES string of the molecule is C.CN(C)CCCNC(=O)[C@@H](Cc1ccccc1)N(C)C(=O)[C@@H](Cc1ccc2ccccc2c1)N(C)C(=O)/C=C/CC(C)(C)N. The van der Waals surface area contributed by atoms with Crippen LogP contribution in [0.2, 0.25) is 0 Å². The molecule has 45 heavy (non-hydrogen) atoms. The Morgan fingerprint density at radius 1 is 0.822 bits per heavy atom. The van der Waals surface area contributed by atoms with Crippen LogP contribution in [0.4, 0.5) is 0 Å². The van der Waals surface area contributed by atoms with Crippen molar-refractivity contribution in [3.63, 3.8) is 0 Å². The van der Waals surface area contributed by atoms with Gasteiger partial charge >= 0.3 is 0 Å². The molecule has 3 rings (SSSR count). The third-order valence-corrected chi connectivity index (χ3v) is 7.72. The van der Waals surface area contributed by atoms with Crippen LogP contribution in [-0.2, 0) is 27.2 Å². The van der Waals surface area contributed by atoms with E-state index >= 15 is 0 Å². The molecule has 0 bridgehead atoms. The normalized spacial score (nSPS) is 12.9. The van der Waals surface area contributed by atoms with Gasteiger partial charge in [-0.05, 0) is 75.3 Å². The van der Waals surface area contributed by atoms with E-state index < -0.39 is 17.6 Å². The monoisotopic (exact) mass is 615 g/mol. The fraction of sp³-hybridized carbons (Fsp3) is 0.432. The van der Waals surface area contributed by atoms with Crippen molar-refractivity contribution in [2.24, 2.45) is 5.73 Å². The third kappa shape index (κ3) is 11.8. The van der Waals surface area contributed by atoms with E-state index in [-0.39, 0.29) is 25.1 Å². The van der Waals surface area contributed by atoms with Crippen molar-refractivity contribution in [3.05, 3.63) is 96.1 Å². The lowest BCUT2D eigenvalue weighted by Crippen LogP contribution is -2.56. The van der Waals surface area contributed by atoms with Crippen LogP contribution in [0, 0.1) is 0 Å². The van der Waals surface area contributed by atoms with Gasteiger partial charge in [-0.2, -0.15) is 0 Å². The molecule has 0 saturated heterocycles. The van der Waals surface area contributed by atoms with Gasteiger partial charge in [0.05, 0.1) is 0 Å². The number of hydrogen-bond acceptors (Lipinski definition) is 5. The summed E-state index contributed by atoms with van der Waals surface area (Å²) in [6.45, 7) is 5.13. The Morgan fingerprint density at radius 3 is 2.09 bits per heavy atom. The van der Waals surface area contributed by atoms with Crippen molar-refractivity contribution in [1.29, 1.82) is 0 Å². The maximum atomic E-state index is 14.3. The fourth-order valence-electron chi connectivity index (χ4n) is 5.07. The maximum Gasteiger partial charge on any atom is 0.246 e. The van der Waals surface area contributed by atoms with Crippen molar-refractivity contribution >= 4 is 28.5 Å². The van der Waals surface area contributed by atoms with E-state index in [0.29, 0.717) is 25.8 Å². The third-order valence-electron chi connectivity index (χ3n) is 7.72. The summed E-state index contributed by atoms with van der Waals surface area (Å²) < 4.78 is 0. The van der Waals surface area contributed by atoms with Gasteiger partial charge in [-0.1, -0.05) is 86.3 Å². The van der Waals surface area contributed by atoms with E-state index in [0.717, 1.165) is 34.9 Å². The number of hydrogen-bond donors (Lipinski definition) is 2. The molecule has 2 atom stereocenters. The molecule has 8 nitrogen and oxygen atoms in total. The molecule has 0 aliphatic rings. The standard InChI is InChI=1S/C36H49N5O3.CH4/c1-36(2,37)21-12-18-33(42)40(5)32(26-28-19-20-29-16-10-11-17-30(29)24-28)35(44)41(6)31(25-27-14-8-7-9-15-27)34(43)38-22-13-23-39(3)4;/h7-12,14-20,24,31-32H,13,21-23,25-26,37H2,1-6H3,(H,38,43);1H4/b18-12+;/t31-,32-;/m1./s1. The molecule has 0 aromatic heterocycles. The summed E-state index contributed by atoms with van der Waals surface area (Å²) in [5, 5.41) is 5.19. The largest absolute Gasteiger partial charge is 0.354 e. The summed E-state index contributed by atoms with van der Waals surface area (Å²) in [4.78, 5) is 46.3. The zero-order valence-corrected chi connectivity index (χ0v) is 27.1. The van der Waals surface area contributed by atoms with Crippen LogP contribution in [0.25, 0.3) is 10.8 Å². The Balaban J connectivity index is 0.00000705. The smallest absolute Gasteiger partial charge is 0.246 e. The molecule has 0 heterocycles. The summed E-state index contributed by atoms with van der Waals surface area (Å²) in [6, 6.07) is 22.2. The Hall–Kier alpha value is -4.01. The van der Waals surface area contributed by atoms with Crippen molar-refractivity contribution in [1.82, 2.24) is 20.0 Å². The first-order chi connectivity index (χ1) is 20.9. The number of carbonyl (C=O) groups excluding carboxylic acids is 3. The molecule has 0 aliphatic heterocycles. The molecule has 0 radical (unpaired) electrons. The highest BCUT2D eigenvalue weighted by Crippen LogP contribution is 2.20. The molecule has 3 amide bonds. The van der Waals surface area contributed by atoms with Crippen LogP contribution in [-0.4, -0.2) is 91.3 Å². The summed E-state index contributed by atoms with van der Waals surface area (Å²) >= 11 is 0. The highest BCUT2D eigenvalue weighted by Gasteiger charge is 2.34. The second-order valence-electron chi connectivity index (χ2n) is 12.5. The molecular formula is C37H53N5O3. The molecule has 3 N–H and O–H groups in total. The van der Waals surface area contributed by atoms with Gasteiger partial charge in [-0.15, -0.1) is 0 Å². The van der Waals surface area contributed by atoms with Crippen LogP contribution in [0.1, 0.15) is 45.2 Å². The summed E-state index contributed by atoms with van der Waals surface area (Å²) in [7, 11) is 7.29. The van der Waals surface area contributed by atoms with Crippen LogP contribution < -0.4 is 11.1 Å². The van der Waals surface area contributed by atoms with Gasteiger partial charge < -0.3 is 25.8 Å². The van der Waals surface area contributed by atoms with E-state index in [2.05, 4.69) is 16.3 Å². The number of carbonyl (C=O) groups is 3. The molecule has 3 aromatic carbocycles. The molecular weight excluding hydrogens is 562 g/mol. The van der Waals surface area contributed by atoms with Gasteiger partial charge in [0.25, 0.3) is 0 Å². The average Bonchev–Trinajstić information content (AvgIpc) is 2.99. The van der Waals surface area contributed by atoms with Gasteiger partial charge in [0.1, 0.15) is 12.1 Å². The number of nitrogens with one attached hydrogen (secondary N) is 1. The van der Waals surface area contributed by atoms with Crippen molar-refractivity contribution in [2.75, 3.05) is 41.3 Å². The molecule has 0 saturated carbocycles. The molecule has 8 heteroatoms. The number of likely N-dealkylation sites (N-methyl/N-ethyl adjacent to an activating group) is 2. The predicted molar refractivity (Wildman–Crippen MR) is 186 cm³/mol. The van der Waals surface area contributed by atoms with Crippen LogP contribution in [0.5, 0.6) is 0 Å². The Labute approximate surface area is 270 Å². The second-order valence-corrected chi connectivity index (χ2v) is 12.5. The fourth-order valence-corrected chi connectivity index (χ4v) is 5.07. The van der Waals surface area contributed by atoms with E-state index in [9.17, 15) is 14.4 Å². The number of rotatable bonds is 15. The van der Waals surface area contributed by atoms with Crippen LogP contribution in [0.3, 0.4) is 0 Å². The minimum absolute atomic E-state index is 0. The lowest BCUT2D eigenvalue weighted by atomic mass is 9.98. The van der Waals surface area contributed by atoms with Crippen molar-refractivity contribution in [2.45, 2.75) is 64.6 Å². The molecule has 0 unspecified atom stereocenters. The van der Waals surface area contributed by atoms with Crippen molar-refractivity contribution in [3.8, 4) is 0 Å². The zero-order valence-electron chi connectivity index (χ0n) is 27.1. The first kappa shape index (κ1) is 37.2. The molecule has 3 aromatic rings. The lowest BCUT2D eigenvalue weighted by Gasteiger charge is -2.34. The predicted octanol–water partition coefficient (Wildman–Crippen LogP) is 4.67. The molecule has 0 fully saturated rings. The van der Waals surface area contributed by atoms with E-state index in [1.165, 1.54) is 15.9 Å². The van der Waals surface area contributed by atoms with Crippen LogP contribution in [0.15, 0.2) is 84.9 Å². The number of amides is 3. The van der Waals surface area contributed by atoms with E-state index in [4.69, 9.17) is 5.73 Å². The number of fused-ring (bicyclic) bond motifs is 1. The summed E-state index contributed by atoms with van der Waals surface area (Å²) in [5.74, 6) is -0.813. The average molecular weight is 616 g/mol. The quantitative estimate of drug-likeness (QED) is 0.191. The Bertz CT molecular complexity index is 1410. The Morgan fingerprint density at radius 2 is 1.44 bits per heavy atom. The zero-order chi connectivity index (χ0) is 32.3. The maximum absolute atomic E-state index is 14.3. The first-order valence-corrected chi connectivity index (χ1v) is 15.3. The topological polar surface area (TPSA) is 99.0 Å². The number of nitrogens with zero attached hydrogens (tertiary/aromatic N) is 3. The summed E-state index contributed by atoms with van der Waals surface area (Å²) in [6.07, 6.45) is 5.20. The first-order valence-electron chi connectivity index (χ1n) is 15.3. The lowest BCUT2D eigenvalue weighted by molar-refractivity contribution is -0.146. The van der Waals surface area contributed by atoms with Gasteiger partial charge in [0, 0.05) is 39.0 Å². The highest BCUT2D eigenvalue weighted by molar-refractivity contribution is 5.95. The highest BCUT2D eigenvalue weighted by atomic mass is 16.2. The van der Waals surface area contributed by atoms with Gasteiger partial charge in [0.2, 0.25) is 17.7 Å². The van der Waals surface area contributed by atoms with Crippen LogP contribution >= 0.6 is 0 Å². The minimum Gasteiger partial charge on any atom is -0.354 e. The van der Waals surface area contributed by atoms with Gasteiger partial charge in [0.15, 0.2) is 0 Å². The molecule has 0 spiro atoms. The number of nitrogens with two attached hydrogens (primary N) is 1. The van der Waals surface area contributed by atoms with Crippen molar-refractivity contribution < 1.29 is 14.4 Å². The number of benzene rings is 3. The Kier molecular flexibility index (Phi) is 14.4. The molecule has 244 valence electrons. The van der Waals surface area contributed by atoms with Gasteiger partial charge in [-0.3, -0.25) is 14.4 Å². The minimum atomic E-state index is -0.830. The van der Waals surface area contributed by atoms with E-state index in [1.807, 2.05) is 94.7 Å². The molecule has 0 aliphatic carbocycles. The summed E-state index contributed by atoms with van der Waals surface area (Å²) in [5.41, 5.74) is 7.51. The van der Waals surface area contributed by atoms with Gasteiger partial charge in [-0.25, -0.2) is 0 Å².